The standard InChI is InChI=1S/C15H30N2O/c1-3-16-15(12-18)8-4-7-14(10-15)17-9-5-6-13(2)11-17/h13-14,16,18H,3-12H2,1-2H3. The number of likely N-dealkylation sites (N-methyl/N-ethyl adjacent to an activating group) is 1. The normalized spacial score (nSPS) is 38.8. The van der Waals surface area contributed by atoms with Crippen LogP contribution >= 0.6 is 0 Å². The van der Waals surface area contributed by atoms with Crippen LogP contribution in [0.15, 0.2) is 0 Å². The number of aliphatic hydroxyl groups excluding tert-OH is 1. The van der Waals surface area contributed by atoms with Crippen LogP contribution in [0.5, 0.6) is 0 Å². The molecule has 1 saturated heterocycles. The van der Waals surface area contributed by atoms with E-state index >= 15 is 0 Å². The first kappa shape index (κ1) is 14.3. The monoisotopic (exact) mass is 254 g/mol. The van der Waals surface area contributed by atoms with Crippen molar-refractivity contribution in [2.45, 2.75) is 64.0 Å². The molecule has 3 atom stereocenters. The van der Waals surface area contributed by atoms with E-state index in [9.17, 15) is 5.11 Å². The zero-order valence-electron chi connectivity index (χ0n) is 12.1. The van der Waals surface area contributed by atoms with Gasteiger partial charge in [-0.05, 0) is 57.5 Å². The number of aliphatic hydroxyl groups is 1. The molecule has 1 aliphatic carbocycles. The predicted octanol–water partition coefficient (Wildman–Crippen LogP) is 2.00. The minimum atomic E-state index is -0.00164. The Morgan fingerprint density at radius 3 is 2.83 bits per heavy atom. The van der Waals surface area contributed by atoms with E-state index in [0.717, 1.165) is 25.3 Å². The summed E-state index contributed by atoms with van der Waals surface area (Å²) in [6.45, 7) is 8.30. The van der Waals surface area contributed by atoms with E-state index < -0.39 is 0 Å². The SMILES string of the molecule is CCNC1(CO)CCCC(N2CCCC(C)C2)C1. The lowest BCUT2D eigenvalue weighted by atomic mass is 9.78. The third kappa shape index (κ3) is 3.25. The van der Waals surface area contributed by atoms with Crippen molar-refractivity contribution in [1.29, 1.82) is 0 Å². The summed E-state index contributed by atoms with van der Waals surface area (Å²) in [6.07, 6.45) is 7.58. The minimum absolute atomic E-state index is 0.00164. The lowest BCUT2D eigenvalue weighted by molar-refractivity contribution is 0.0415. The molecule has 0 aromatic carbocycles. The molecule has 0 amide bonds. The van der Waals surface area contributed by atoms with Gasteiger partial charge in [0.25, 0.3) is 0 Å². The van der Waals surface area contributed by atoms with E-state index in [1.54, 1.807) is 0 Å². The highest BCUT2D eigenvalue weighted by atomic mass is 16.3. The first-order valence-electron chi connectivity index (χ1n) is 7.79. The molecule has 18 heavy (non-hydrogen) atoms. The van der Waals surface area contributed by atoms with Crippen molar-refractivity contribution in [3.05, 3.63) is 0 Å². The number of piperidine rings is 1. The lowest BCUT2D eigenvalue weighted by Gasteiger charge is -2.46. The fourth-order valence-corrected chi connectivity index (χ4v) is 3.94. The third-order valence-corrected chi connectivity index (χ3v) is 4.88. The van der Waals surface area contributed by atoms with Crippen molar-refractivity contribution in [2.24, 2.45) is 5.92 Å². The van der Waals surface area contributed by atoms with Gasteiger partial charge in [-0.25, -0.2) is 0 Å². The average Bonchev–Trinajstić information content (AvgIpc) is 2.39. The third-order valence-electron chi connectivity index (χ3n) is 4.88. The Morgan fingerprint density at radius 2 is 2.17 bits per heavy atom. The van der Waals surface area contributed by atoms with Gasteiger partial charge in [0.2, 0.25) is 0 Å². The zero-order chi connectivity index (χ0) is 13.0. The van der Waals surface area contributed by atoms with E-state index in [0.29, 0.717) is 12.6 Å². The summed E-state index contributed by atoms with van der Waals surface area (Å²) in [7, 11) is 0. The molecule has 106 valence electrons. The molecule has 1 aliphatic heterocycles. The summed E-state index contributed by atoms with van der Waals surface area (Å²) in [5.41, 5.74) is -0.00164. The average molecular weight is 254 g/mol. The number of nitrogens with one attached hydrogen (secondary N) is 1. The molecule has 0 aromatic heterocycles. The first-order chi connectivity index (χ1) is 8.69. The van der Waals surface area contributed by atoms with E-state index in [4.69, 9.17) is 0 Å². The van der Waals surface area contributed by atoms with Crippen LogP contribution in [0.1, 0.15) is 52.4 Å². The largest absolute Gasteiger partial charge is 0.394 e. The molecule has 1 saturated carbocycles. The molecule has 0 radical (unpaired) electrons. The molecule has 3 unspecified atom stereocenters. The summed E-state index contributed by atoms with van der Waals surface area (Å²) in [5, 5.41) is 13.3. The maximum absolute atomic E-state index is 9.76. The second-order valence-electron chi connectivity index (χ2n) is 6.46. The molecule has 0 aromatic rings. The van der Waals surface area contributed by atoms with Crippen LogP contribution in [-0.2, 0) is 0 Å². The Labute approximate surface area is 112 Å². The van der Waals surface area contributed by atoms with Crippen LogP contribution in [-0.4, -0.2) is 47.8 Å². The van der Waals surface area contributed by atoms with Gasteiger partial charge in [-0.2, -0.15) is 0 Å². The fraction of sp³-hybridized carbons (Fsp3) is 1.00. The van der Waals surface area contributed by atoms with Gasteiger partial charge >= 0.3 is 0 Å². The Kier molecular flexibility index (Phi) is 5.05. The van der Waals surface area contributed by atoms with E-state index in [1.165, 1.54) is 38.8 Å². The molecule has 2 N–H and O–H groups in total. The zero-order valence-corrected chi connectivity index (χ0v) is 12.1. The summed E-state index contributed by atoms with van der Waals surface area (Å²) >= 11 is 0. The maximum Gasteiger partial charge on any atom is 0.0613 e. The highest BCUT2D eigenvalue weighted by molar-refractivity contribution is 4.96. The summed E-state index contributed by atoms with van der Waals surface area (Å²) in [5.74, 6) is 0.850. The van der Waals surface area contributed by atoms with Crippen LogP contribution in [0.3, 0.4) is 0 Å². The molecule has 3 nitrogen and oxygen atoms in total. The summed E-state index contributed by atoms with van der Waals surface area (Å²) in [4.78, 5) is 2.69. The van der Waals surface area contributed by atoms with E-state index in [2.05, 4.69) is 24.1 Å². The van der Waals surface area contributed by atoms with Crippen LogP contribution in [0.2, 0.25) is 0 Å². The molecular weight excluding hydrogens is 224 g/mol. The molecule has 0 spiro atoms. The van der Waals surface area contributed by atoms with Crippen molar-refractivity contribution in [1.82, 2.24) is 10.2 Å². The Hall–Kier alpha value is -0.120. The fourth-order valence-electron chi connectivity index (χ4n) is 3.94. The predicted molar refractivity (Wildman–Crippen MR) is 75.7 cm³/mol. The van der Waals surface area contributed by atoms with Crippen molar-refractivity contribution in [3.63, 3.8) is 0 Å². The highest BCUT2D eigenvalue weighted by Crippen LogP contribution is 2.33. The lowest BCUT2D eigenvalue weighted by Crippen LogP contribution is -2.56. The number of likely N-dealkylation sites (tertiary alicyclic amines) is 1. The van der Waals surface area contributed by atoms with Gasteiger partial charge in [-0.3, -0.25) is 0 Å². The van der Waals surface area contributed by atoms with Gasteiger partial charge in [-0.15, -0.1) is 0 Å². The van der Waals surface area contributed by atoms with Gasteiger partial charge in [-0.1, -0.05) is 13.8 Å². The molecule has 3 heteroatoms. The maximum atomic E-state index is 9.76. The van der Waals surface area contributed by atoms with E-state index in [1.807, 2.05) is 0 Å². The highest BCUT2D eigenvalue weighted by Gasteiger charge is 2.37. The number of nitrogens with zero attached hydrogens (tertiary/aromatic N) is 1. The topological polar surface area (TPSA) is 35.5 Å². The van der Waals surface area contributed by atoms with Crippen molar-refractivity contribution >= 4 is 0 Å². The van der Waals surface area contributed by atoms with Gasteiger partial charge in [0, 0.05) is 18.1 Å². The number of hydrogen-bond acceptors (Lipinski definition) is 3. The van der Waals surface area contributed by atoms with Gasteiger partial charge in [0.15, 0.2) is 0 Å². The van der Waals surface area contributed by atoms with Crippen LogP contribution < -0.4 is 5.32 Å². The second-order valence-corrected chi connectivity index (χ2v) is 6.46. The van der Waals surface area contributed by atoms with Crippen LogP contribution in [0.4, 0.5) is 0 Å². The summed E-state index contributed by atoms with van der Waals surface area (Å²) < 4.78 is 0. The Bertz CT molecular complexity index is 255. The molecular formula is C15H30N2O. The smallest absolute Gasteiger partial charge is 0.0613 e. The Morgan fingerprint density at radius 1 is 1.33 bits per heavy atom. The van der Waals surface area contributed by atoms with Gasteiger partial charge < -0.3 is 15.3 Å². The summed E-state index contributed by atoms with van der Waals surface area (Å²) in [6, 6.07) is 0.688. The quantitative estimate of drug-likeness (QED) is 0.805. The molecule has 1 heterocycles. The second kappa shape index (κ2) is 6.36. The number of hydrogen-bond donors (Lipinski definition) is 2. The first-order valence-corrected chi connectivity index (χ1v) is 7.79. The van der Waals surface area contributed by atoms with Crippen LogP contribution in [0.25, 0.3) is 0 Å². The molecule has 2 fully saturated rings. The molecule has 0 bridgehead atoms. The number of rotatable bonds is 4. The van der Waals surface area contributed by atoms with Gasteiger partial charge in [0.05, 0.1) is 6.61 Å². The molecule has 2 rings (SSSR count). The van der Waals surface area contributed by atoms with E-state index in [-0.39, 0.29) is 5.54 Å². The van der Waals surface area contributed by atoms with Crippen molar-refractivity contribution < 1.29 is 5.11 Å². The van der Waals surface area contributed by atoms with Crippen LogP contribution in [0, 0.1) is 5.92 Å². The van der Waals surface area contributed by atoms with Gasteiger partial charge in [0.1, 0.15) is 0 Å². The Balaban J connectivity index is 1.96. The van der Waals surface area contributed by atoms with Crippen molar-refractivity contribution in [3.8, 4) is 0 Å². The minimum Gasteiger partial charge on any atom is -0.394 e. The molecule has 2 aliphatic rings. The van der Waals surface area contributed by atoms with Crippen molar-refractivity contribution in [2.75, 3.05) is 26.2 Å².